The average Bonchev–Trinajstić information content (AvgIpc) is 2.53. The summed E-state index contributed by atoms with van der Waals surface area (Å²) < 4.78 is 5.97. The van der Waals surface area contributed by atoms with Gasteiger partial charge < -0.3 is 15.4 Å². The summed E-state index contributed by atoms with van der Waals surface area (Å²) in [5.41, 5.74) is 2.80. The zero-order valence-electron chi connectivity index (χ0n) is 14.0. The number of methoxy groups -OCH3 is 1. The van der Waals surface area contributed by atoms with Crippen molar-refractivity contribution in [2.75, 3.05) is 30.9 Å². The maximum Gasteiger partial charge on any atom is 0.274 e. The number of hydrogen-bond acceptors (Lipinski definition) is 5. The van der Waals surface area contributed by atoms with Crippen LogP contribution in [0, 0.1) is 13.8 Å². The zero-order chi connectivity index (χ0) is 17.5. The van der Waals surface area contributed by atoms with E-state index in [2.05, 4.69) is 36.5 Å². The lowest BCUT2D eigenvalue weighted by Gasteiger charge is -2.10. The smallest absolute Gasteiger partial charge is 0.274 e. The summed E-state index contributed by atoms with van der Waals surface area (Å²) in [7, 11) is 1.66. The largest absolute Gasteiger partial charge is 0.385 e. The SMILES string of the molecule is COCCCNc1nc(C)cc(C(=O)Nc2ccc(Br)cc2C)n1. The summed E-state index contributed by atoms with van der Waals surface area (Å²) in [6.45, 7) is 5.12. The normalized spacial score (nSPS) is 10.5. The lowest BCUT2D eigenvalue weighted by atomic mass is 10.2. The third-order valence-electron chi connectivity index (χ3n) is 3.33. The van der Waals surface area contributed by atoms with E-state index in [-0.39, 0.29) is 5.91 Å². The average molecular weight is 393 g/mol. The molecule has 6 nitrogen and oxygen atoms in total. The summed E-state index contributed by atoms with van der Waals surface area (Å²) in [5, 5.41) is 6.00. The molecule has 0 radical (unpaired) electrons. The minimum atomic E-state index is -0.258. The maximum absolute atomic E-state index is 12.5. The third kappa shape index (κ3) is 5.28. The van der Waals surface area contributed by atoms with E-state index in [1.165, 1.54) is 0 Å². The Balaban J connectivity index is 2.09. The molecule has 1 aromatic carbocycles. The van der Waals surface area contributed by atoms with Crippen LogP contribution in [-0.2, 0) is 4.74 Å². The van der Waals surface area contributed by atoms with E-state index >= 15 is 0 Å². The van der Waals surface area contributed by atoms with Crippen LogP contribution < -0.4 is 10.6 Å². The molecule has 0 fully saturated rings. The summed E-state index contributed by atoms with van der Waals surface area (Å²) in [6.07, 6.45) is 0.841. The van der Waals surface area contributed by atoms with Gasteiger partial charge in [-0.2, -0.15) is 0 Å². The molecule has 0 aliphatic rings. The number of carbonyl (C=O) groups is 1. The highest BCUT2D eigenvalue weighted by Gasteiger charge is 2.12. The summed E-state index contributed by atoms with van der Waals surface area (Å²) in [5.74, 6) is 0.189. The Morgan fingerprint density at radius 1 is 1.25 bits per heavy atom. The van der Waals surface area contributed by atoms with Crippen molar-refractivity contribution in [3.8, 4) is 0 Å². The van der Waals surface area contributed by atoms with Gasteiger partial charge in [-0.15, -0.1) is 0 Å². The van der Waals surface area contributed by atoms with Crippen LogP contribution in [0.4, 0.5) is 11.6 Å². The molecule has 1 amide bonds. The van der Waals surface area contributed by atoms with Gasteiger partial charge in [0.2, 0.25) is 5.95 Å². The number of hydrogen-bond donors (Lipinski definition) is 2. The van der Waals surface area contributed by atoms with E-state index in [0.29, 0.717) is 24.8 Å². The van der Waals surface area contributed by atoms with E-state index in [9.17, 15) is 4.79 Å². The number of carbonyl (C=O) groups excluding carboxylic acids is 1. The Morgan fingerprint density at radius 2 is 2.04 bits per heavy atom. The molecule has 2 rings (SSSR count). The van der Waals surface area contributed by atoms with Crippen LogP contribution in [0.2, 0.25) is 0 Å². The van der Waals surface area contributed by atoms with Gasteiger partial charge in [-0.3, -0.25) is 4.79 Å². The fraction of sp³-hybridized carbons (Fsp3) is 0.353. The summed E-state index contributed by atoms with van der Waals surface area (Å²) >= 11 is 3.41. The molecule has 0 spiro atoms. The number of nitrogens with one attached hydrogen (secondary N) is 2. The molecule has 7 heteroatoms. The molecular formula is C17H21BrN4O2. The Kier molecular flexibility index (Phi) is 6.69. The fourth-order valence-corrected chi connectivity index (χ4v) is 2.61. The molecule has 1 aromatic heterocycles. The number of aromatic nitrogens is 2. The van der Waals surface area contributed by atoms with Crippen molar-refractivity contribution < 1.29 is 9.53 Å². The van der Waals surface area contributed by atoms with Crippen molar-refractivity contribution in [3.05, 3.63) is 45.7 Å². The molecule has 2 aromatic rings. The number of aryl methyl sites for hydroxylation is 2. The minimum Gasteiger partial charge on any atom is -0.385 e. The molecule has 0 atom stereocenters. The van der Waals surface area contributed by atoms with Crippen LogP contribution in [0.25, 0.3) is 0 Å². The van der Waals surface area contributed by atoms with Crippen molar-refractivity contribution in [3.63, 3.8) is 0 Å². The van der Waals surface area contributed by atoms with E-state index in [1.807, 2.05) is 32.0 Å². The van der Waals surface area contributed by atoms with Gasteiger partial charge in [-0.05, 0) is 50.1 Å². The van der Waals surface area contributed by atoms with Crippen molar-refractivity contribution in [1.29, 1.82) is 0 Å². The van der Waals surface area contributed by atoms with Crippen molar-refractivity contribution in [2.24, 2.45) is 0 Å². The van der Waals surface area contributed by atoms with Crippen molar-refractivity contribution in [2.45, 2.75) is 20.3 Å². The third-order valence-corrected chi connectivity index (χ3v) is 3.83. The Hall–Kier alpha value is -1.99. The van der Waals surface area contributed by atoms with Gasteiger partial charge in [0, 0.05) is 36.1 Å². The second-order valence-corrected chi connectivity index (χ2v) is 6.32. The first-order chi connectivity index (χ1) is 11.5. The molecule has 0 aliphatic carbocycles. The summed E-state index contributed by atoms with van der Waals surface area (Å²) in [6, 6.07) is 7.36. The fourth-order valence-electron chi connectivity index (χ4n) is 2.13. The number of nitrogens with zero attached hydrogens (tertiary/aromatic N) is 2. The Labute approximate surface area is 150 Å². The molecule has 0 unspecified atom stereocenters. The van der Waals surface area contributed by atoms with Crippen LogP contribution >= 0.6 is 15.9 Å². The first-order valence-corrected chi connectivity index (χ1v) is 8.45. The number of amides is 1. The highest BCUT2D eigenvalue weighted by atomic mass is 79.9. The monoisotopic (exact) mass is 392 g/mol. The molecule has 2 N–H and O–H groups in total. The lowest BCUT2D eigenvalue weighted by Crippen LogP contribution is -2.17. The quantitative estimate of drug-likeness (QED) is 0.704. The predicted octanol–water partition coefficient (Wildman–Crippen LogP) is 3.56. The lowest BCUT2D eigenvalue weighted by molar-refractivity contribution is 0.102. The number of rotatable bonds is 7. The molecule has 1 heterocycles. The van der Waals surface area contributed by atoms with E-state index in [0.717, 1.165) is 27.8 Å². The first kappa shape index (κ1) is 18.4. The van der Waals surface area contributed by atoms with Crippen molar-refractivity contribution in [1.82, 2.24) is 9.97 Å². The molecule has 0 bridgehead atoms. The molecule has 0 saturated heterocycles. The second-order valence-electron chi connectivity index (χ2n) is 5.40. The van der Waals surface area contributed by atoms with Crippen LogP contribution in [0.15, 0.2) is 28.7 Å². The van der Waals surface area contributed by atoms with E-state index in [4.69, 9.17) is 4.74 Å². The number of anilines is 2. The molecule has 24 heavy (non-hydrogen) atoms. The Morgan fingerprint density at radius 3 is 2.75 bits per heavy atom. The minimum absolute atomic E-state index is 0.258. The molecular weight excluding hydrogens is 372 g/mol. The number of halogens is 1. The van der Waals surface area contributed by atoms with Gasteiger partial charge in [0.1, 0.15) is 5.69 Å². The van der Waals surface area contributed by atoms with Gasteiger partial charge in [0.15, 0.2) is 0 Å². The number of ether oxygens (including phenoxy) is 1. The standard InChI is InChI=1S/C17H21BrN4O2/c1-11-9-13(18)5-6-14(11)21-16(23)15-10-12(2)20-17(22-15)19-7-4-8-24-3/h5-6,9-10H,4,7-8H2,1-3H3,(H,21,23)(H,19,20,22). The van der Waals surface area contributed by atoms with Crippen LogP contribution in [0.1, 0.15) is 28.2 Å². The first-order valence-electron chi connectivity index (χ1n) is 7.65. The van der Waals surface area contributed by atoms with E-state index < -0.39 is 0 Å². The van der Waals surface area contributed by atoms with Gasteiger partial charge >= 0.3 is 0 Å². The molecule has 0 aliphatic heterocycles. The second kappa shape index (κ2) is 8.75. The van der Waals surface area contributed by atoms with Gasteiger partial charge in [-0.1, -0.05) is 15.9 Å². The summed E-state index contributed by atoms with van der Waals surface area (Å²) in [4.78, 5) is 21.1. The Bertz CT molecular complexity index is 722. The highest BCUT2D eigenvalue weighted by Crippen LogP contribution is 2.20. The molecule has 0 saturated carbocycles. The van der Waals surface area contributed by atoms with Crippen LogP contribution in [0.3, 0.4) is 0 Å². The maximum atomic E-state index is 12.5. The van der Waals surface area contributed by atoms with Gasteiger partial charge in [0.05, 0.1) is 0 Å². The van der Waals surface area contributed by atoms with Crippen LogP contribution in [-0.4, -0.2) is 36.1 Å². The predicted molar refractivity (Wildman–Crippen MR) is 98.6 cm³/mol. The van der Waals surface area contributed by atoms with Crippen LogP contribution in [0.5, 0.6) is 0 Å². The van der Waals surface area contributed by atoms with E-state index in [1.54, 1.807) is 13.2 Å². The zero-order valence-corrected chi connectivity index (χ0v) is 15.6. The molecule has 128 valence electrons. The van der Waals surface area contributed by atoms with Gasteiger partial charge in [0.25, 0.3) is 5.91 Å². The van der Waals surface area contributed by atoms with Crippen molar-refractivity contribution >= 4 is 33.5 Å². The highest BCUT2D eigenvalue weighted by molar-refractivity contribution is 9.10. The van der Waals surface area contributed by atoms with Gasteiger partial charge in [-0.25, -0.2) is 9.97 Å². The topological polar surface area (TPSA) is 76.1 Å². The number of benzene rings is 1.